The van der Waals surface area contributed by atoms with Crippen LogP contribution < -0.4 is 10.9 Å². The molecule has 27 heavy (non-hydrogen) atoms. The topological polar surface area (TPSA) is 86.6 Å². The summed E-state index contributed by atoms with van der Waals surface area (Å²) < 4.78 is 11.4. The van der Waals surface area contributed by atoms with E-state index in [9.17, 15) is 14.4 Å². The molecule has 0 saturated heterocycles. The molecular weight excluding hydrogens is 388 g/mol. The number of carbonyl (C=O) groups is 2. The van der Waals surface area contributed by atoms with Crippen molar-refractivity contribution in [3.63, 3.8) is 0 Å². The number of hydrogen-bond donors (Lipinski definition) is 1. The lowest BCUT2D eigenvalue weighted by Gasteiger charge is -2.25. The summed E-state index contributed by atoms with van der Waals surface area (Å²) in [6, 6.07) is -1.03. The molecule has 7 nitrogen and oxygen atoms in total. The molecule has 1 aromatic heterocycles. The molecule has 2 aliphatic heterocycles. The molecule has 0 amide bonds. The van der Waals surface area contributed by atoms with Gasteiger partial charge >= 0.3 is 11.9 Å². The monoisotopic (exact) mass is 410 g/mol. The molecule has 3 heterocycles. The molecule has 3 aliphatic rings. The number of nitrogens with zero attached hydrogens (tertiary/aromatic N) is 1. The van der Waals surface area contributed by atoms with Crippen molar-refractivity contribution < 1.29 is 19.1 Å². The van der Waals surface area contributed by atoms with Crippen molar-refractivity contribution >= 4 is 35.5 Å². The van der Waals surface area contributed by atoms with Crippen LogP contribution in [0.3, 0.4) is 0 Å². The van der Waals surface area contributed by atoms with E-state index in [0.29, 0.717) is 35.3 Å². The maximum atomic E-state index is 13.3. The molecular formula is C18H22N2O5S2. The maximum Gasteiger partial charge on any atom is 0.329 e. The van der Waals surface area contributed by atoms with Crippen LogP contribution in [0, 0.1) is 0 Å². The number of pyridine rings is 1. The lowest BCUT2D eigenvalue weighted by molar-refractivity contribution is -0.144. The van der Waals surface area contributed by atoms with E-state index in [2.05, 4.69) is 5.32 Å². The number of aromatic nitrogens is 1. The Labute approximate surface area is 165 Å². The third-order valence-electron chi connectivity index (χ3n) is 5.31. The molecule has 1 fully saturated rings. The van der Waals surface area contributed by atoms with E-state index in [1.54, 1.807) is 28.1 Å². The fourth-order valence-electron chi connectivity index (χ4n) is 3.76. The van der Waals surface area contributed by atoms with Gasteiger partial charge in [-0.2, -0.15) is 11.8 Å². The van der Waals surface area contributed by atoms with Gasteiger partial charge in [-0.1, -0.05) is 0 Å². The quantitative estimate of drug-likeness (QED) is 0.749. The van der Waals surface area contributed by atoms with Crippen molar-refractivity contribution in [1.82, 2.24) is 9.88 Å². The van der Waals surface area contributed by atoms with Crippen molar-refractivity contribution in [2.75, 3.05) is 25.7 Å². The van der Waals surface area contributed by atoms with E-state index in [4.69, 9.17) is 9.47 Å². The molecule has 0 aromatic carbocycles. The Bertz CT molecular complexity index is 849. The van der Waals surface area contributed by atoms with Gasteiger partial charge in [0.1, 0.15) is 12.1 Å². The van der Waals surface area contributed by atoms with Gasteiger partial charge in [0, 0.05) is 29.4 Å². The van der Waals surface area contributed by atoms with Crippen LogP contribution in [0.2, 0.25) is 0 Å². The van der Waals surface area contributed by atoms with E-state index in [0.717, 1.165) is 23.4 Å². The molecule has 1 N–H and O–H groups in total. The summed E-state index contributed by atoms with van der Waals surface area (Å²) in [5, 5.41) is 4.11. The van der Waals surface area contributed by atoms with Crippen LogP contribution in [0.5, 0.6) is 0 Å². The lowest BCUT2D eigenvalue weighted by atomic mass is 10.0. The Morgan fingerprint density at radius 3 is 2.52 bits per heavy atom. The van der Waals surface area contributed by atoms with Gasteiger partial charge in [0.25, 0.3) is 5.56 Å². The van der Waals surface area contributed by atoms with Crippen LogP contribution in [0.15, 0.2) is 9.82 Å². The Hall–Kier alpha value is -1.45. The third kappa shape index (κ3) is 3.30. The van der Waals surface area contributed by atoms with Crippen LogP contribution >= 0.6 is 23.5 Å². The van der Waals surface area contributed by atoms with Gasteiger partial charge in [-0.15, -0.1) is 11.8 Å². The highest BCUT2D eigenvalue weighted by atomic mass is 32.2. The predicted octanol–water partition coefficient (Wildman–Crippen LogP) is 1.42. The van der Waals surface area contributed by atoms with Gasteiger partial charge in [-0.05, 0) is 29.9 Å². The Kier molecular flexibility index (Phi) is 5.26. The number of thioether (sulfide) groups is 2. The standard InChI is InChI=1S/C18H22N2O5S2/c1-24-17(22)12-7-26-6-11-10(5-19-12)15(21)20-13(18(23)25-2)8-27-16(20)14(11)9-3-4-9/h9,12-13,19H,3-8H2,1-2H3/t12-,13-/m0/s1. The largest absolute Gasteiger partial charge is 0.468 e. The first-order chi connectivity index (χ1) is 13.1. The van der Waals surface area contributed by atoms with Crippen LogP contribution in [0.1, 0.15) is 41.5 Å². The zero-order valence-electron chi connectivity index (χ0n) is 15.3. The zero-order chi connectivity index (χ0) is 19.1. The fourth-order valence-corrected chi connectivity index (χ4v) is 6.29. The Balaban J connectivity index is 1.81. The lowest BCUT2D eigenvalue weighted by Crippen LogP contribution is -2.43. The molecule has 0 bridgehead atoms. The van der Waals surface area contributed by atoms with Gasteiger partial charge in [0.15, 0.2) is 0 Å². The molecule has 1 aliphatic carbocycles. The first-order valence-electron chi connectivity index (χ1n) is 8.96. The van der Waals surface area contributed by atoms with Crippen LogP contribution in [-0.4, -0.2) is 48.3 Å². The third-order valence-corrected chi connectivity index (χ3v) is 7.54. The zero-order valence-corrected chi connectivity index (χ0v) is 16.9. The summed E-state index contributed by atoms with van der Waals surface area (Å²) in [7, 11) is 2.72. The molecule has 1 aromatic rings. The molecule has 146 valence electrons. The van der Waals surface area contributed by atoms with Crippen LogP contribution in [0.4, 0.5) is 0 Å². The predicted molar refractivity (Wildman–Crippen MR) is 103 cm³/mol. The van der Waals surface area contributed by atoms with E-state index >= 15 is 0 Å². The van der Waals surface area contributed by atoms with Gasteiger partial charge < -0.3 is 9.47 Å². The molecule has 4 rings (SSSR count). The average Bonchev–Trinajstić information content (AvgIpc) is 3.39. The minimum Gasteiger partial charge on any atom is -0.468 e. The van der Waals surface area contributed by atoms with Crippen LogP contribution in [-0.2, 0) is 31.4 Å². The molecule has 1 saturated carbocycles. The first kappa shape index (κ1) is 18.9. The van der Waals surface area contributed by atoms with Crippen molar-refractivity contribution in [2.24, 2.45) is 0 Å². The van der Waals surface area contributed by atoms with E-state index in [1.807, 2.05) is 0 Å². The number of esters is 2. The summed E-state index contributed by atoms with van der Waals surface area (Å²) in [5.74, 6) is 1.58. The second kappa shape index (κ2) is 7.52. The van der Waals surface area contributed by atoms with Crippen molar-refractivity contribution in [3.8, 4) is 0 Å². The molecule has 2 atom stereocenters. The SMILES string of the molecule is COC(=O)[C@@H]1CSCc2c(C3CC3)c3n(c(=O)c2CN1)[C@H](C(=O)OC)CS3. The maximum absolute atomic E-state index is 13.3. The Morgan fingerprint density at radius 1 is 1.11 bits per heavy atom. The highest BCUT2D eigenvalue weighted by Gasteiger charge is 2.40. The second-order valence-corrected chi connectivity index (χ2v) is 8.99. The van der Waals surface area contributed by atoms with E-state index in [1.165, 1.54) is 19.8 Å². The Morgan fingerprint density at radius 2 is 1.85 bits per heavy atom. The van der Waals surface area contributed by atoms with Gasteiger partial charge in [0.05, 0.1) is 19.2 Å². The molecule has 0 radical (unpaired) electrons. The highest BCUT2D eigenvalue weighted by molar-refractivity contribution is 7.99. The minimum atomic E-state index is -0.584. The molecule has 0 unspecified atom stereocenters. The van der Waals surface area contributed by atoms with Crippen LogP contribution in [0.25, 0.3) is 0 Å². The summed E-state index contributed by atoms with van der Waals surface area (Å²) in [6.07, 6.45) is 2.23. The number of carbonyl (C=O) groups excluding carboxylic acids is 2. The van der Waals surface area contributed by atoms with E-state index in [-0.39, 0.29) is 17.5 Å². The van der Waals surface area contributed by atoms with Gasteiger partial charge in [0.2, 0.25) is 0 Å². The normalized spacial score (nSPS) is 24.4. The molecule has 9 heteroatoms. The number of rotatable bonds is 3. The molecule has 0 spiro atoms. The van der Waals surface area contributed by atoms with Crippen molar-refractivity contribution in [2.45, 2.75) is 48.2 Å². The second-order valence-electron chi connectivity index (χ2n) is 6.95. The highest BCUT2D eigenvalue weighted by Crippen LogP contribution is 2.49. The smallest absolute Gasteiger partial charge is 0.329 e. The number of methoxy groups -OCH3 is 2. The average molecular weight is 411 g/mol. The van der Waals surface area contributed by atoms with Crippen molar-refractivity contribution in [3.05, 3.63) is 27.0 Å². The summed E-state index contributed by atoms with van der Waals surface area (Å²) in [5.41, 5.74) is 2.83. The number of fused-ring (bicyclic) bond motifs is 2. The summed E-state index contributed by atoms with van der Waals surface area (Å²) in [6.45, 7) is 0.299. The minimum absolute atomic E-state index is 0.150. The summed E-state index contributed by atoms with van der Waals surface area (Å²) in [4.78, 5) is 37.5. The fraction of sp³-hybridized carbons (Fsp3) is 0.611. The van der Waals surface area contributed by atoms with Gasteiger partial charge in [-0.25, -0.2) is 4.79 Å². The van der Waals surface area contributed by atoms with Crippen molar-refractivity contribution in [1.29, 1.82) is 0 Å². The van der Waals surface area contributed by atoms with Gasteiger partial charge in [-0.3, -0.25) is 19.5 Å². The van der Waals surface area contributed by atoms with E-state index < -0.39 is 12.1 Å². The number of hydrogen-bond acceptors (Lipinski definition) is 8. The summed E-state index contributed by atoms with van der Waals surface area (Å²) >= 11 is 3.22. The number of ether oxygens (including phenoxy) is 2. The first-order valence-corrected chi connectivity index (χ1v) is 11.1. The number of nitrogens with one attached hydrogen (secondary N) is 1.